The Labute approximate surface area is 110 Å². The molecule has 1 aromatic carbocycles. The fourth-order valence-corrected chi connectivity index (χ4v) is 2.62. The van der Waals surface area contributed by atoms with Crippen LogP contribution in [0.2, 0.25) is 0 Å². The van der Waals surface area contributed by atoms with Crippen molar-refractivity contribution in [3.63, 3.8) is 0 Å². The first kappa shape index (κ1) is 13.4. The normalized spacial score (nSPS) is 18.6. The average Bonchev–Trinajstić information content (AvgIpc) is 2.47. The maximum absolute atomic E-state index is 5.80. The third-order valence-electron chi connectivity index (χ3n) is 4.05. The number of ether oxygens (including phenoxy) is 1. The van der Waals surface area contributed by atoms with Crippen LogP contribution in [0.3, 0.4) is 0 Å². The minimum absolute atomic E-state index is 0.0777. The van der Waals surface area contributed by atoms with Crippen molar-refractivity contribution < 1.29 is 4.74 Å². The highest BCUT2D eigenvalue weighted by Crippen LogP contribution is 2.27. The quantitative estimate of drug-likeness (QED) is 0.865. The average molecular weight is 248 g/mol. The van der Waals surface area contributed by atoms with E-state index in [1.165, 1.54) is 5.69 Å². The Hall–Kier alpha value is -1.06. The molecule has 2 rings (SSSR count). The van der Waals surface area contributed by atoms with Gasteiger partial charge in [-0.05, 0) is 44.5 Å². The zero-order valence-corrected chi connectivity index (χ0v) is 11.5. The summed E-state index contributed by atoms with van der Waals surface area (Å²) >= 11 is 0. The maximum Gasteiger partial charge on any atom is 0.0719 e. The molecule has 0 amide bonds. The van der Waals surface area contributed by atoms with Gasteiger partial charge in [-0.15, -0.1) is 0 Å². The Morgan fingerprint density at radius 2 is 1.89 bits per heavy atom. The van der Waals surface area contributed by atoms with E-state index in [4.69, 9.17) is 4.74 Å². The fraction of sp³-hybridized carbons (Fsp3) is 0.600. The molecule has 1 fully saturated rings. The molecule has 100 valence electrons. The van der Waals surface area contributed by atoms with E-state index >= 15 is 0 Å². The summed E-state index contributed by atoms with van der Waals surface area (Å²) in [5.41, 5.74) is 1.35. The molecule has 1 saturated heterocycles. The van der Waals surface area contributed by atoms with Crippen LogP contribution in [0.5, 0.6) is 0 Å². The van der Waals surface area contributed by atoms with Gasteiger partial charge in [0.25, 0.3) is 0 Å². The summed E-state index contributed by atoms with van der Waals surface area (Å²) in [6.45, 7) is 3.18. The van der Waals surface area contributed by atoms with Gasteiger partial charge in [-0.1, -0.05) is 18.2 Å². The van der Waals surface area contributed by atoms with Gasteiger partial charge < -0.3 is 15.0 Å². The van der Waals surface area contributed by atoms with Crippen LogP contribution in [0.1, 0.15) is 19.3 Å². The molecule has 0 atom stereocenters. The van der Waals surface area contributed by atoms with E-state index in [1.54, 1.807) is 0 Å². The van der Waals surface area contributed by atoms with Crippen LogP contribution in [0.4, 0.5) is 5.69 Å². The minimum Gasteiger partial charge on any atom is -0.378 e. The van der Waals surface area contributed by atoms with E-state index in [0.29, 0.717) is 0 Å². The second-order valence-corrected chi connectivity index (χ2v) is 5.14. The molecule has 1 aliphatic heterocycles. The monoisotopic (exact) mass is 248 g/mol. The van der Waals surface area contributed by atoms with Gasteiger partial charge in [-0.2, -0.15) is 0 Å². The van der Waals surface area contributed by atoms with Crippen LogP contribution in [-0.2, 0) is 4.74 Å². The summed E-state index contributed by atoms with van der Waals surface area (Å²) in [6.07, 6.45) is 3.33. The number of rotatable bonds is 5. The number of hydrogen-bond acceptors (Lipinski definition) is 3. The summed E-state index contributed by atoms with van der Waals surface area (Å²) in [4.78, 5) is 2.31. The molecule has 1 aliphatic rings. The van der Waals surface area contributed by atoms with Crippen molar-refractivity contribution in [3.8, 4) is 0 Å². The molecular weight excluding hydrogens is 224 g/mol. The molecule has 0 unspecified atom stereocenters. The molecule has 0 spiro atoms. The Balaban J connectivity index is 1.90. The topological polar surface area (TPSA) is 24.5 Å². The summed E-state index contributed by atoms with van der Waals surface area (Å²) in [7, 11) is 4.01. The molecule has 18 heavy (non-hydrogen) atoms. The van der Waals surface area contributed by atoms with E-state index < -0.39 is 0 Å². The van der Waals surface area contributed by atoms with Crippen LogP contribution >= 0.6 is 0 Å². The van der Waals surface area contributed by atoms with Crippen LogP contribution in [0, 0.1) is 0 Å². The van der Waals surface area contributed by atoms with Gasteiger partial charge in [0.1, 0.15) is 0 Å². The first-order valence-electron chi connectivity index (χ1n) is 6.78. The van der Waals surface area contributed by atoms with E-state index in [0.717, 1.165) is 38.9 Å². The molecular formula is C15H24N2O. The highest BCUT2D eigenvalue weighted by atomic mass is 16.5. The summed E-state index contributed by atoms with van der Waals surface area (Å²) < 4.78 is 5.80. The van der Waals surface area contributed by atoms with E-state index in [2.05, 4.69) is 47.6 Å². The lowest BCUT2D eigenvalue weighted by Gasteiger charge is -2.37. The highest BCUT2D eigenvalue weighted by Gasteiger charge is 2.31. The third kappa shape index (κ3) is 3.24. The van der Waals surface area contributed by atoms with Crippen molar-refractivity contribution in [1.82, 2.24) is 5.32 Å². The molecule has 0 radical (unpaired) electrons. The second kappa shape index (κ2) is 6.21. The van der Waals surface area contributed by atoms with Crippen LogP contribution in [0.15, 0.2) is 30.3 Å². The van der Waals surface area contributed by atoms with Crippen molar-refractivity contribution in [2.75, 3.05) is 38.7 Å². The predicted octanol–water partition coefficient (Wildman–Crippen LogP) is 2.28. The zero-order chi connectivity index (χ0) is 12.8. The number of para-hydroxylation sites is 1. The standard InChI is InChI=1S/C15H24N2O/c1-17(14-6-4-3-5-7-14)13-10-15(18-2)8-11-16-12-9-15/h3-7,16H,8-13H2,1-2H3. The minimum atomic E-state index is 0.0777. The lowest BCUT2D eigenvalue weighted by atomic mass is 9.88. The van der Waals surface area contributed by atoms with Gasteiger partial charge >= 0.3 is 0 Å². The van der Waals surface area contributed by atoms with Gasteiger partial charge in [0.2, 0.25) is 0 Å². The zero-order valence-electron chi connectivity index (χ0n) is 11.5. The number of hydrogen-bond donors (Lipinski definition) is 1. The molecule has 1 heterocycles. The Morgan fingerprint density at radius 3 is 2.50 bits per heavy atom. The molecule has 0 bridgehead atoms. The Kier molecular flexibility index (Phi) is 4.61. The van der Waals surface area contributed by atoms with Gasteiger partial charge in [-0.25, -0.2) is 0 Å². The fourth-order valence-electron chi connectivity index (χ4n) is 2.62. The predicted molar refractivity (Wildman–Crippen MR) is 76.2 cm³/mol. The maximum atomic E-state index is 5.80. The molecule has 1 N–H and O–H groups in total. The van der Waals surface area contributed by atoms with Crippen LogP contribution in [-0.4, -0.2) is 39.4 Å². The van der Waals surface area contributed by atoms with Crippen LogP contribution in [0.25, 0.3) is 0 Å². The van der Waals surface area contributed by atoms with Gasteiger partial charge in [-0.3, -0.25) is 0 Å². The van der Waals surface area contributed by atoms with Crippen molar-refractivity contribution in [1.29, 1.82) is 0 Å². The van der Waals surface area contributed by atoms with E-state index in [1.807, 2.05) is 7.11 Å². The number of anilines is 1. The van der Waals surface area contributed by atoms with Gasteiger partial charge in [0.05, 0.1) is 5.60 Å². The molecule has 0 aromatic heterocycles. The molecule has 3 nitrogen and oxygen atoms in total. The number of piperidine rings is 1. The first-order valence-corrected chi connectivity index (χ1v) is 6.78. The first-order chi connectivity index (χ1) is 8.76. The highest BCUT2D eigenvalue weighted by molar-refractivity contribution is 5.44. The summed E-state index contributed by atoms with van der Waals surface area (Å²) in [5, 5.41) is 3.40. The number of benzene rings is 1. The van der Waals surface area contributed by atoms with Crippen molar-refractivity contribution >= 4 is 5.69 Å². The Morgan fingerprint density at radius 1 is 1.22 bits per heavy atom. The van der Waals surface area contributed by atoms with Crippen molar-refractivity contribution in [3.05, 3.63) is 30.3 Å². The lowest BCUT2D eigenvalue weighted by molar-refractivity contribution is -0.0384. The molecule has 3 heteroatoms. The largest absolute Gasteiger partial charge is 0.378 e. The van der Waals surface area contributed by atoms with Gasteiger partial charge in [0, 0.05) is 26.4 Å². The SMILES string of the molecule is COC1(CCN(C)c2ccccc2)CCNCC1. The number of methoxy groups -OCH3 is 1. The number of nitrogens with zero attached hydrogens (tertiary/aromatic N) is 1. The molecule has 0 aliphatic carbocycles. The summed E-state index contributed by atoms with van der Waals surface area (Å²) in [6, 6.07) is 10.5. The third-order valence-corrected chi connectivity index (χ3v) is 4.05. The van der Waals surface area contributed by atoms with E-state index in [-0.39, 0.29) is 5.60 Å². The van der Waals surface area contributed by atoms with Crippen molar-refractivity contribution in [2.24, 2.45) is 0 Å². The molecule has 1 aromatic rings. The van der Waals surface area contributed by atoms with Crippen LogP contribution < -0.4 is 10.2 Å². The summed E-state index contributed by atoms with van der Waals surface area (Å²) in [5.74, 6) is 0. The lowest BCUT2D eigenvalue weighted by Crippen LogP contribution is -2.45. The second-order valence-electron chi connectivity index (χ2n) is 5.14. The van der Waals surface area contributed by atoms with E-state index in [9.17, 15) is 0 Å². The van der Waals surface area contributed by atoms with Gasteiger partial charge in [0.15, 0.2) is 0 Å². The molecule has 0 saturated carbocycles. The Bertz CT molecular complexity index is 347. The number of nitrogens with one attached hydrogen (secondary N) is 1. The smallest absolute Gasteiger partial charge is 0.0719 e. The van der Waals surface area contributed by atoms with Crippen molar-refractivity contribution in [2.45, 2.75) is 24.9 Å².